The van der Waals surface area contributed by atoms with Gasteiger partial charge in [-0.25, -0.2) is 0 Å². The molecule has 3 aromatic rings. The first kappa shape index (κ1) is 17.3. The number of hydrogen-bond acceptors (Lipinski definition) is 3. The first-order valence-electron chi connectivity index (χ1n) is 8.32. The van der Waals surface area contributed by atoms with E-state index in [1.807, 2.05) is 84.9 Å². The predicted octanol–water partition coefficient (Wildman–Crippen LogP) is 5.34. The number of nitrogens with zero attached hydrogens (tertiary/aromatic N) is 1. The van der Waals surface area contributed by atoms with Crippen LogP contribution in [0.15, 0.2) is 78.9 Å². The van der Waals surface area contributed by atoms with Crippen molar-refractivity contribution in [2.24, 2.45) is 0 Å². The van der Waals surface area contributed by atoms with Crippen molar-refractivity contribution in [2.45, 2.75) is 6.61 Å². The highest BCUT2D eigenvalue weighted by Gasteiger charge is 2.07. The molecule has 0 aliphatic heterocycles. The van der Waals surface area contributed by atoms with Crippen LogP contribution in [0.4, 0.5) is 0 Å². The molecule has 0 atom stereocenters. The van der Waals surface area contributed by atoms with Crippen molar-refractivity contribution in [2.75, 3.05) is 7.11 Å². The Bertz CT molecular complexity index is 925. The van der Waals surface area contributed by atoms with Gasteiger partial charge >= 0.3 is 0 Å². The number of ether oxygens (including phenoxy) is 2. The molecule has 128 valence electrons. The molecule has 0 bridgehead atoms. The van der Waals surface area contributed by atoms with Gasteiger partial charge in [-0.1, -0.05) is 66.7 Å². The lowest BCUT2D eigenvalue weighted by Crippen LogP contribution is -1.97. The fourth-order valence-electron chi connectivity index (χ4n) is 2.59. The smallest absolute Gasteiger partial charge is 0.161 e. The lowest BCUT2D eigenvalue weighted by molar-refractivity contribution is 0.284. The van der Waals surface area contributed by atoms with Gasteiger partial charge in [0, 0.05) is 0 Å². The maximum atomic E-state index is 9.46. The van der Waals surface area contributed by atoms with Crippen LogP contribution >= 0.6 is 0 Å². The van der Waals surface area contributed by atoms with Crippen molar-refractivity contribution in [3.8, 4) is 17.6 Å². The third-order valence-corrected chi connectivity index (χ3v) is 3.94. The molecule has 0 amide bonds. The van der Waals surface area contributed by atoms with Gasteiger partial charge in [0.25, 0.3) is 0 Å². The number of allylic oxidation sites excluding steroid dienone is 1. The molecule has 0 radical (unpaired) electrons. The highest BCUT2D eigenvalue weighted by atomic mass is 16.5. The lowest BCUT2D eigenvalue weighted by atomic mass is 10.0. The second-order valence-electron chi connectivity index (χ2n) is 5.72. The maximum absolute atomic E-state index is 9.46. The zero-order chi connectivity index (χ0) is 18.2. The van der Waals surface area contributed by atoms with Crippen LogP contribution in [0.3, 0.4) is 0 Å². The van der Waals surface area contributed by atoms with Gasteiger partial charge in [0.1, 0.15) is 6.61 Å². The topological polar surface area (TPSA) is 42.2 Å². The molecule has 0 saturated carbocycles. The van der Waals surface area contributed by atoms with Crippen molar-refractivity contribution >= 4 is 11.6 Å². The molecule has 0 aliphatic carbocycles. The zero-order valence-corrected chi connectivity index (χ0v) is 14.6. The van der Waals surface area contributed by atoms with E-state index in [0.717, 1.165) is 16.7 Å². The van der Waals surface area contributed by atoms with Crippen LogP contribution in [-0.2, 0) is 6.61 Å². The van der Waals surface area contributed by atoms with E-state index in [4.69, 9.17) is 9.47 Å². The summed E-state index contributed by atoms with van der Waals surface area (Å²) in [5, 5.41) is 9.46. The molecule has 3 nitrogen and oxygen atoms in total. The number of hydrogen-bond donors (Lipinski definition) is 0. The van der Waals surface area contributed by atoms with Crippen molar-refractivity contribution in [3.63, 3.8) is 0 Å². The molecule has 3 heteroatoms. The minimum atomic E-state index is 0.472. The van der Waals surface area contributed by atoms with Crippen LogP contribution in [0.2, 0.25) is 0 Å². The SMILES string of the molecule is COc1cc(/C=C(/C#N)c2ccccc2)ccc1OCc1ccccc1. The molecular weight excluding hydrogens is 322 g/mol. The van der Waals surface area contributed by atoms with Crippen LogP contribution < -0.4 is 9.47 Å². The normalized spacial score (nSPS) is 10.8. The zero-order valence-electron chi connectivity index (χ0n) is 14.6. The van der Waals surface area contributed by atoms with Crippen molar-refractivity contribution < 1.29 is 9.47 Å². The average molecular weight is 341 g/mol. The summed E-state index contributed by atoms with van der Waals surface area (Å²) in [6, 6.07) is 27.5. The second kappa shape index (κ2) is 8.55. The molecule has 0 spiro atoms. The molecule has 0 heterocycles. The van der Waals surface area contributed by atoms with E-state index >= 15 is 0 Å². The van der Waals surface area contributed by atoms with E-state index in [-0.39, 0.29) is 0 Å². The Hall–Kier alpha value is -3.51. The second-order valence-corrected chi connectivity index (χ2v) is 5.72. The Morgan fingerprint density at radius 1 is 0.923 bits per heavy atom. The largest absolute Gasteiger partial charge is 0.493 e. The summed E-state index contributed by atoms with van der Waals surface area (Å²) in [5.74, 6) is 1.31. The van der Waals surface area contributed by atoms with Gasteiger partial charge in [0.05, 0.1) is 18.8 Å². The number of rotatable bonds is 6. The Morgan fingerprint density at radius 2 is 1.62 bits per heavy atom. The summed E-state index contributed by atoms with van der Waals surface area (Å²) in [4.78, 5) is 0. The molecule has 3 aromatic carbocycles. The summed E-state index contributed by atoms with van der Waals surface area (Å²) in [6.45, 7) is 0.472. The Balaban J connectivity index is 1.82. The first-order chi connectivity index (χ1) is 12.8. The van der Waals surface area contributed by atoms with Gasteiger partial charge in [-0.05, 0) is 34.9 Å². The standard InChI is InChI=1S/C23H19NO2/c1-25-23-15-19(14-21(16-24)20-10-6-3-7-11-20)12-13-22(23)26-17-18-8-4-2-5-9-18/h2-15H,17H2,1H3/b21-14-. The summed E-state index contributed by atoms with van der Waals surface area (Å²) in [6.07, 6.45) is 1.85. The number of nitriles is 1. The summed E-state index contributed by atoms with van der Waals surface area (Å²) in [7, 11) is 1.61. The van der Waals surface area contributed by atoms with E-state index in [0.29, 0.717) is 23.7 Å². The minimum absolute atomic E-state index is 0.472. The molecule has 0 fully saturated rings. The summed E-state index contributed by atoms with van der Waals surface area (Å²) >= 11 is 0. The fraction of sp³-hybridized carbons (Fsp3) is 0.0870. The molecule has 0 aliphatic rings. The Morgan fingerprint density at radius 3 is 2.27 bits per heavy atom. The highest BCUT2D eigenvalue weighted by Crippen LogP contribution is 2.30. The van der Waals surface area contributed by atoms with Gasteiger partial charge in [0.2, 0.25) is 0 Å². The van der Waals surface area contributed by atoms with Crippen molar-refractivity contribution in [1.82, 2.24) is 0 Å². The van der Waals surface area contributed by atoms with Gasteiger partial charge in [-0.2, -0.15) is 5.26 Å². The van der Waals surface area contributed by atoms with Gasteiger partial charge in [-0.3, -0.25) is 0 Å². The molecule has 26 heavy (non-hydrogen) atoms. The Labute approximate surface area is 153 Å². The van der Waals surface area contributed by atoms with E-state index in [2.05, 4.69) is 6.07 Å². The van der Waals surface area contributed by atoms with Crippen molar-refractivity contribution in [1.29, 1.82) is 5.26 Å². The van der Waals surface area contributed by atoms with Gasteiger partial charge in [0.15, 0.2) is 11.5 Å². The highest BCUT2D eigenvalue weighted by molar-refractivity contribution is 5.89. The van der Waals surface area contributed by atoms with Crippen molar-refractivity contribution in [3.05, 3.63) is 95.6 Å². The molecule has 0 aromatic heterocycles. The van der Waals surface area contributed by atoms with E-state index < -0.39 is 0 Å². The maximum Gasteiger partial charge on any atom is 0.161 e. The lowest BCUT2D eigenvalue weighted by Gasteiger charge is -2.11. The molecule has 0 saturated heterocycles. The van der Waals surface area contributed by atoms with Crippen LogP contribution in [0.1, 0.15) is 16.7 Å². The van der Waals surface area contributed by atoms with E-state index in [1.165, 1.54) is 0 Å². The third kappa shape index (κ3) is 4.31. The summed E-state index contributed by atoms with van der Waals surface area (Å²) in [5.41, 5.74) is 3.47. The van der Waals surface area contributed by atoms with Crippen LogP contribution in [-0.4, -0.2) is 7.11 Å². The molecular formula is C23H19NO2. The molecule has 3 rings (SSSR count). The average Bonchev–Trinajstić information content (AvgIpc) is 2.72. The van der Waals surface area contributed by atoms with Gasteiger partial charge < -0.3 is 9.47 Å². The number of benzene rings is 3. The molecule has 0 unspecified atom stereocenters. The van der Waals surface area contributed by atoms with Crippen LogP contribution in [0.25, 0.3) is 11.6 Å². The third-order valence-electron chi connectivity index (χ3n) is 3.94. The molecule has 0 N–H and O–H groups in total. The van der Waals surface area contributed by atoms with Gasteiger partial charge in [-0.15, -0.1) is 0 Å². The quantitative estimate of drug-likeness (QED) is 0.449. The minimum Gasteiger partial charge on any atom is -0.493 e. The summed E-state index contributed by atoms with van der Waals surface area (Å²) < 4.78 is 11.3. The predicted molar refractivity (Wildman–Crippen MR) is 104 cm³/mol. The number of methoxy groups -OCH3 is 1. The van der Waals surface area contributed by atoms with E-state index in [1.54, 1.807) is 7.11 Å². The van der Waals surface area contributed by atoms with Crippen LogP contribution in [0, 0.1) is 11.3 Å². The fourth-order valence-corrected chi connectivity index (χ4v) is 2.59. The first-order valence-corrected chi connectivity index (χ1v) is 8.32. The monoisotopic (exact) mass is 341 g/mol. The van der Waals surface area contributed by atoms with Crippen LogP contribution in [0.5, 0.6) is 11.5 Å². The Kier molecular flexibility index (Phi) is 5.69. The van der Waals surface area contributed by atoms with E-state index in [9.17, 15) is 5.26 Å².